The average molecular weight is 366 g/mol. The number of carbonyl (C=O) groups excluding carboxylic acids is 2. The molecule has 0 aliphatic carbocycles. The summed E-state index contributed by atoms with van der Waals surface area (Å²) in [5, 5.41) is 3.08. The second kappa shape index (κ2) is 7.12. The Kier molecular flexibility index (Phi) is 5.37. The average Bonchev–Trinajstić information content (AvgIpc) is 3.19. The van der Waals surface area contributed by atoms with Crippen LogP contribution in [0, 0.1) is 17.3 Å². The van der Waals surface area contributed by atoms with Crippen LogP contribution in [0.1, 0.15) is 46.5 Å². The van der Waals surface area contributed by atoms with E-state index in [0.29, 0.717) is 24.9 Å². The van der Waals surface area contributed by atoms with Crippen molar-refractivity contribution in [1.82, 2.24) is 15.1 Å². The van der Waals surface area contributed by atoms with Crippen LogP contribution >= 0.6 is 0 Å². The quantitative estimate of drug-likeness (QED) is 0.743. The Morgan fingerprint density at radius 3 is 2.73 bits per heavy atom. The van der Waals surface area contributed by atoms with Crippen LogP contribution < -0.4 is 5.32 Å². The van der Waals surface area contributed by atoms with Crippen molar-refractivity contribution in [2.75, 3.05) is 40.3 Å². The van der Waals surface area contributed by atoms with Gasteiger partial charge in [-0.25, -0.2) is 0 Å². The minimum absolute atomic E-state index is 0.0573. The van der Waals surface area contributed by atoms with Gasteiger partial charge in [-0.15, -0.1) is 0 Å². The first-order chi connectivity index (χ1) is 12.2. The van der Waals surface area contributed by atoms with Gasteiger partial charge < -0.3 is 19.9 Å². The highest BCUT2D eigenvalue weighted by molar-refractivity contribution is 5.82. The highest BCUT2D eigenvalue weighted by Gasteiger charge is 2.63. The van der Waals surface area contributed by atoms with E-state index in [1.165, 1.54) is 0 Å². The lowest BCUT2D eigenvalue weighted by molar-refractivity contribution is -0.141. The molecule has 0 aromatic carbocycles. The van der Waals surface area contributed by atoms with Gasteiger partial charge in [0, 0.05) is 30.3 Å². The molecule has 3 aliphatic heterocycles. The summed E-state index contributed by atoms with van der Waals surface area (Å²) < 4.78 is 6.41. The van der Waals surface area contributed by atoms with E-state index in [2.05, 4.69) is 26.1 Å². The van der Waals surface area contributed by atoms with Crippen molar-refractivity contribution < 1.29 is 14.3 Å². The fourth-order valence-corrected chi connectivity index (χ4v) is 5.35. The molecule has 1 N–H and O–H groups in total. The third-order valence-electron chi connectivity index (χ3n) is 6.52. The molecule has 3 heterocycles. The molecule has 3 saturated heterocycles. The number of likely N-dealkylation sites (tertiary alicyclic amines) is 1. The Bertz CT molecular complexity index is 563. The van der Waals surface area contributed by atoms with Gasteiger partial charge in [-0.3, -0.25) is 9.59 Å². The molecular weight excluding hydrogens is 330 g/mol. The number of fused-ring (bicyclic) bond motifs is 1. The standard InChI is InChI=1S/C20H35N3O3/c1-6-8-19(2,3)18(25)23-11-15-14(10-21-17(24)12-22(4)5)16-7-9-20(15,13-23)26-16/h14-16H,6-13H2,1-5H3,(H,21,24)/t14-,15+,16+,20+/m0/s1. The normalized spacial score (nSPS) is 33.0. The van der Waals surface area contributed by atoms with E-state index >= 15 is 0 Å². The molecule has 3 aliphatic rings. The zero-order valence-electron chi connectivity index (χ0n) is 17.0. The van der Waals surface area contributed by atoms with Crippen LogP contribution in [0.4, 0.5) is 0 Å². The number of hydrogen-bond acceptors (Lipinski definition) is 4. The molecule has 0 unspecified atom stereocenters. The molecule has 148 valence electrons. The van der Waals surface area contributed by atoms with Crippen LogP contribution in [-0.4, -0.2) is 73.6 Å². The molecule has 0 radical (unpaired) electrons. The Morgan fingerprint density at radius 2 is 2.08 bits per heavy atom. The fourth-order valence-electron chi connectivity index (χ4n) is 5.35. The van der Waals surface area contributed by atoms with E-state index in [4.69, 9.17) is 4.74 Å². The van der Waals surface area contributed by atoms with Crippen LogP contribution in [0.3, 0.4) is 0 Å². The van der Waals surface area contributed by atoms with Gasteiger partial charge in [-0.2, -0.15) is 0 Å². The lowest BCUT2D eigenvalue weighted by Crippen LogP contribution is -2.43. The summed E-state index contributed by atoms with van der Waals surface area (Å²) in [5.74, 6) is 0.983. The van der Waals surface area contributed by atoms with Crippen molar-refractivity contribution in [2.45, 2.75) is 58.2 Å². The zero-order valence-corrected chi connectivity index (χ0v) is 17.0. The Balaban J connectivity index is 1.64. The molecular formula is C20H35N3O3. The number of likely N-dealkylation sites (N-methyl/N-ethyl adjacent to an activating group) is 1. The van der Waals surface area contributed by atoms with E-state index in [0.717, 1.165) is 38.8 Å². The molecule has 1 spiro atoms. The molecule has 0 aromatic heterocycles. The predicted molar refractivity (Wildman–Crippen MR) is 101 cm³/mol. The number of carbonyl (C=O) groups is 2. The third-order valence-corrected chi connectivity index (χ3v) is 6.52. The van der Waals surface area contributed by atoms with E-state index in [1.54, 1.807) is 0 Å². The number of nitrogens with one attached hydrogen (secondary N) is 1. The van der Waals surface area contributed by atoms with Gasteiger partial charge in [0.05, 0.1) is 24.8 Å². The van der Waals surface area contributed by atoms with Crippen molar-refractivity contribution in [1.29, 1.82) is 0 Å². The summed E-state index contributed by atoms with van der Waals surface area (Å²) >= 11 is 0. The van der Waals surface area contributed by atoms with Gasteiger partial charge in [-0.1, -0.05) is 27.2 Å². The maximum atomic E-state index is 13.0. The minimum Gasteiger partial charge on any atom is -0.369 e. The lowest BCUT2D eigenvalue weighted by Gasteiger charge is -2.30. The summed E-state index contributed by atoms with van der Waals surface area (Å²) in [4.78, 5) is 29.0. The van der Waals surface area contributed by atoms with Crippen molar-refractivity contribution in [3.8, 4) is 0 Å². The van der Waals surface area contributed by atoms with Gasteiger partial charge in [0.2, 0.25) is 11.8 Å². The molecule has 26 heavy (non-hydrogen) atoms. The summed E-state index contributed by atoms with van der Waals surface area (Å²) in [6.45, 7) is 8.81. The highest BCUT2D eigenvalue weighted by atomic mass is 16.5. The van der Waals surface area contributed by atoms with Crippen molar-refractivity contribution >= 4 is 11.8 Å². The lowest BCUT2D eigenvalue weighted by atomic mass is 9.73. The molecule has 6 nitrogen and oxygen atoms in total. The van der Waals surface area contributed by atoms with Gasteiger partial charge in [0.15, 0.2) is 0 Å². The van der Waals surface area contributed by atoms with E-state index < -0.39 is 0 Å². The van der Waals surface area contributed by atoms with Gasteiger partial charge in [-0.05, 0) is 33.4 Å². The highest BCUT2D eigenvalue weighted by Crippen LogP contribution is 2.55. The number of hydrogen-bond donors (Lipinski definition) is 1. The smallest absolute Gasteiger partial charge is 0.234 e. The summed E-state index contributed by atoms with van der Waals surface area (Å²) in [5.41, 5.74) is -0.475. The first kappa shape index (κ1) is 19.6. The predicted octanol–water partition coefficient (Wildman–Crippen LogP) is 1.50. The molecule has 3 fully saturated rings. The van der Waals surface area contributed by atoms with Gasteiger partial charge in [0.1, 0.15) is 0 Å². The summed E-state index contributed by atoms with van der Waals surface area (Å²) in [6.07, 6.45) is 4.25. The first-order valence-corrected chi connectivity index (χ1v) is 10.1. The molecule has 6 heteroatoms. The van der Waals surface area contributed by atoms with E-state index in [9.17, 15) is 9.59 Å². The molecule has 4 atom stereocenters. The maximum Gasteiger partial charge on any atom is 0.234 e. The third kappa shape index (κ3) is 3.50. The number of nitrogens with zero attached hydrogens (tertiary/aromatic N) is 2. The second-order valence-electron chi connectivity index (χ2n) is 9.39. The SMILES string of the molecule is CCCC(C)(C)C(=O)N1C[C@@H]2[C@H](CNC(=O)CN(C)C)[C@H]3CC[C@]2(C1)O3. The molecule has 0 aromatic rings. The fraction of sp³-hybridized carbons (Fsp3) is 0.900. The van der Waals surface area contributed by atoms with Gasteiger partial charge >= 0.3 is 0 Å². The Hall–Kier alpha value is -1.14. The van der Waals surface area contributed by atoms with Crippen LogP contribution in [0.5, 0.6) is 0 Å². The summed E-state index contributed by atoms with van der Waals surface area (Å²) in [6, 6.07) is 0. The van der Waals surface area contributed by atoms with Crippen molar-refractivity contribution in [3.05, 3.63) is 0 Å². The Morgan fingerprint density at radius 1 is 1.35 bits per heavy atom. The first-order valence-electron chi connectivity index (χ1n) is 10.1. The minimum atomic E-state index is -0.308. The van der Waals surface area contributed by atoms with Crippen LogP contribution in [0.15, 0.2) is 0 Å². The van der Waals surface area contributed by atoms with Crippen LogP contribution in [0.2, 0.25) is 0 Å². The summed E-state index contributed by atoms with van der Waals surface area (Å²) in [7, 11) is 3.79. The largest absolute Gasteiger partial charge is 0.369 e. The number of amides is 2. The number of rotatable bonds is 7. The molecule has 2 bridgehead atoms. The van der Waals surface area contributed by atoms with Gasteiger partial charge in [0.25, 0.3) is 0 Å². The van der Waals surface area contributed by atoms with Crippen molar-refractivity contribution in [2.24, 2.45) is 17.3 Å². The van der Waals surface area contributed by atoms with E-state index in [1.807, 2.05) is 23.9 Å². The van der Waals surface area contributed by atoms with Crippen molar-refractivity contribution in [3.63, 3.8) is 0 Å². The monoisotopic (exact) mass is 365 g/mol. The number of ether oxygens (including phenoxy) is 1. The topological polar surface area (TPSA) is 61.9 Å². The zero-order chi connectivity index (χ0) is 19.1. The Labute approximate surface area is 157 Å². The van der Waals surface area contributed by atoms with Crippen LogP contribution in [0.25, 0.3) is 0 Å². The molecule has 0 saturated carbocycles. The van der Waals surface area contributed by atoms with E-state index in [-0.39, 0.29) is 28.9 Å². The molecule has 2 amide bonds. The maximum absolute atomic E-state index is 13.0. The molecule has 3 rings (SSSR count). The second-order valence-corrected chi connectivity index (χ2v) is 9.39. The van der Waals surface area contributed by atoms with Crippen LogP contribution in [-0.2, 0) is 14.3 Å².